The smallest absolute Gasteiger partial charge is 0.0942 e. The van der Waals surface area contributed by atoms with Crippen LogP contribution in [0.1, 0.15) is 30.7 Å². The van der Waals surface area contributed by atoms with Crippen molar-refractivity contribution < 1.29 is 4.84 Å². The molecule has 0 saturated heterocycles. The Bertz CT molecular complexity index is 439. The highest BCUT2D eigenvalue weighted by Crippen LogP contribution is 2.39. The van der Waals surface area contributed by atoms with Gasteiger partial charge in [0.15, 0.2) is 0 Å². The molecule has 1 saturated carbocycles. The van der Waals surface area contributed by atoms with Crippen molar-refractivity contribution in [2.75, 3.05) is 14.1 Å². The van der Waals surface area contributed by atoms with Gasteiger partial charge in [0.25, 0.3) is 0 Å². The van der Waals surface area contributed by atoms with Gasteiger partial charge >= 0.3 is 0 Å². The average molecular weight is 303 g/mol. The molecular formula is C14H20Cl2N2O. The first kappa shape index (κ1) is 15.1. The number of likely N-dealkylation sites (N-methyl/N-ethyl adjacent to an activating group) is 1. The molecule has 2 N–H and O–H groups in total. The molecule has 19 heavy (non-hydrogen) atoms. The van der Waals surface area contributed by atoms with Crippen LogP contribution in [0.3, 0.4) is 0 Å². The molecule has 0 spiro atoms. The van der Waals surface area contributed by atoms with Crippen molar-refractivity contribution in [1.29, 1.82) is 0 Å². The van der Waals surface area contributed by atoms with Crippen LogP contribution in [0, 0.1) is 0 Å². The van der Waals surface area contributed by atoms with E-state index in [0.717, 1.165) is 34.9 Å². The second-order valence-corrected chi connectivity index (χ2v) is 6.22. The van der Waals surface area contributed by atoms with Crippen LogP contribution in [0.15, 0.2) is 18.2 Å². The van der Waals surface area contributed by atoms with Crippen LogP contribution in [-0.4, -0.2) is 31.1 Å². The van der Waals surface area contributed by atoms with Gasteiger partial charge in [-0.25, -0.2) is 5.90 Å². The van der Waals surface area contributed by atoms with Gasteiger partial charge in [-0.2, -0.15) is 0 Å². The zero-order valence-electron chi connectivity index (χ0n) is 11.3. The second kappa shape index (κ2) is 6.42. The lowest BCUT2D eigenvalue weighted by atomic mass is 9.79. The molecule has 3 nitrogen and oxygen atoms in total. The largest absolute Gasteiger partial charge is 0.304 e. The third kappa shape index (κ3) is 3.41. The second-order valence-electron chi connectivity index (χ2n) is 5.38. The monoisotopic (exact) mass is 302 g/mol. The predicted octanol–water partition coefficient (Wildman–Crippen LogP) is 3.45. The van der Waals surface area contributed by atoms with Crippen LogP contribution in [0.4, 0.5) is 0 Å². The molecule has 106 valence electrons. The molecule has 0 amide bonds. The van der Waals surface area contributed by atoms with Crippen LogP contribution in [0.2, 0.25) is 10.0 Å². The first-order valence-electron chi connectivity index (χ1n) is 6.50. The third-order valence-electron chi connectivity index (χ3n) is 3.99. The van der Waals surface area contributed by atoms with Crippen molar-refractivity contribution in [2.24, 2.45) is 5.90 Å². The minimum Gasteiger partial charge on any atom is -0.304 e. The summed E-state index contributed by atoms with van der Waals surface area (Å²) >= 11 is 12.4. The Morgan fingerprint density at radius 3 is 2.63 bits per heavy atom. The average Bonchev–Trinajstić information content (AvgIpc) is 2.40. The van der Waals surface area contributed by atoms with E-state index < -0.39 is 0 Å². The molecule has 5 heteroatoms. The van der Waals surface area contributed by atoms with Gasteiger partial charge in [-0.15, -0.1) is 0 Å². The molecule has 1 aromatic rings. The van der Waals surface area contributed by atoms with Gasteiger partial charge in [-0.1, -0.05) is 23.2 Å². The lowest BCUT2D eigenvalue weighted by Crippen LogP contribution is -2.45. The number of benzene rings is 1. The molecule has 0 unspecified atom stereocenters. The summed E-state index contributed by atoms with van der Waals surface area (Å²) in [6.45, 7) is 0. The number of nitrogens with zero attached hydrogens (tertiary/aromatic N) is 1. The number of hydrogen-bond acceptors (Lipinski definition) is 3. The van der Waals surface area contributed by atoms with E-state index in [0.29, 0.717) is 12.0 Å². The molecule has 3 atom stereocenters. The Labute approximate surface area is 124 Å². The van der Waals surface area contributed by atoms with Gasteiger partial charge in [0.1, 0.15) is 0 Å². The van der Waals surface area contributed by atoms with Crippen molar-refractivity contribution >= 4 is 23.2 Å². The van der Waals surface area contributed by atoms with Gasteiger partial charge in [0.05, 0.1) is 6.10 Å². The SMILES string of the molecule is CN(C)[C@H]1C[C@@H](c2cc(Cl)ccc2Cl)CC[C@@H]1ON. The summed E-state index contributed by atoms with van der Waals surface area (Å²) in [5.41, 5.74) is 1.14. The summed E-state index contributed by atoms with van der Waals surface area (Å²) in [6, 6.07) is 5.98. The highest BCUT2D eigenvalue weighted by atomic mass is 35.5. The number of nitrogens with two attached hydrogens (primary N) is 1. The first-order valence-corrected chi connectivity index (χ1v) is 7.25. The van der Waals surface area contributed by atoms with Crippen LogP contribution < -0.4 is 5.90 Å². The third-order valence-corrected chi connectivity index (χ3v) is 4.57. The highest BCUT2D eigenvalue weighted by Gasteiger charge is 2.33. The zero-order valence-corrected chi connectivity index (χ0v) is 12.8. The van der Waals surface area contributed by atoms with Crippen molar-refractivity contribution in [1.82, 2.24) is 4.90 Å². The molecular weight excluding hydrogens is 283 g/mol. The van der Waals surface area contributed by atoms with E-state index in [-0.39, 0.29) is 6.10 Å². The fraction of sp³-hybridized carbons (Fsp3) is 0.571. The Kier molecular flexibility index (Phi) is 5.09. The standard InChI is InChI=1S/C14H20Cl2N2O/c1-18(2)13-7-9(3-6-14(13)19-17)11-8-10(15)4-5-12(11)16/h4-5,8-9,13-14H,3,6-7,17H2,1-2H3/t9-,13-,14-/m0/s1. The summed E-state index contributed by atoms with van der Waals surface area (Å²) in [4.78, 5) is 7.27. The van der Waals surface area contributed by atoms with Gasteiger partial charge in [-0.3, -0.25) is 4.84 Å². The van der Waals surface area contributed by atoms with Crippen molar-refractivity contribution in [3.8, 4) is 0 Å². The predicted molar refractivity (Wildman–Crippen MR) is 79.6 cm³/mol. The minimum atomic E-state index is 0.0872. The van der Waals surface area contributed by atoms with Crippen LogP contribution in [0.25, 0.3) is 0 Å². The molecule has 0 aliphatic heterocycles. The van der Waals surface area contributed by atoms with Gasteiger partial charge in [-0.05, 0) is 63.0 Å². The molecule has 1 fully saturated rings. The lowest BCUT2D eigenvalue weighted by molar-refractivity contribution is -0.0290. The number of hydrogen-bond donors (Lipinski definition) is 1. The summed E-state index contributed by atoms with van der Waals surface area (Å²) in [7, 11) is 4.11. The molecule has 2 rings (SSSR count). The van der Waals surface area contributed by atoms with Crippen LogP contribution in [0.5, 0.6) is 0 Å². The Morgan fingerprint density at radius 2 is 2.00 bits per heavy atom. The van der Waals surface area contributed by atoms with Gasteiger partial charge in [0, 0.05) is 16.1 Å². The summed E-state index contributed by atoms with van der Waals surface area (Å²) in [6.07, 6.45) is 3.03. The normalized spacial score (nSPS) is 27.8. The lowest BCUT2D eigenvalue weighted by Gasteiger charge is -2.38. The van der Waals surface area contributed by atoms with E-state index in [4.69, 9.17) is 33.9 Å². The maximum atomic E-state index is 6.30. The van der Waals surface area contributed by atoms with Crippen molar-refractivity contribution in [3.63, 3.8) is 0 Å². The van der Waals surface area contributed by atoms with Crippen LogP contribution in [-0.2, 0) is 4.84 Å². The Morgan fingerprint density at radius 1 is 1.26 bits per heavy atom. The molecule has 1 aromatic carbocycles. The molecule has 0 bridgehead atoms. The van der Waals surface area contributed by atoms with E-state index in [2.05, 4.69) is 19.0 Å². The number of halogens is 2. The Hall–Kier alpha value is -0.320. The molecule has 0 heterocycles. The minimum absolute atomic E-state index is 0.0872. The maximum absolute atomic E-state index is 6.30. The van der Waals surface area contributed by atoms with E-state index >= 15 is 0 Å². The summed E-state index contributed by atoms with van der Waals surface area (Å²) in [5, 5.41) is 1.53. The highest BCUT2D eigenvalue weighted by molar-refractivity contribution is 6.33. The Balaban J connectivity index is 2.20. The zero-order chi connectivity index (χ0) is 14.0. The van der Waals surface area contributed by atoms with E-state index in [1.165, 1.54) is 0 Å². The van der Waals surface area contributed by atoms with Crippen LogP contribution >= 0.6 is 23.2 Å². The number of rotatable bonds is 3. The first-order chi connectivity index (χ1) is 9.02. The van der Waals surface area contributed by atoms with Gasteiger partial charge in [0.2, 0.25) is 0 Å². The van der Waals surface area contributed by atoms with Crippen molar-refractivity contribution in [3.05, 3.63) is 33.8 Å². The van der Waals surface area contributed by atoms with Crippen molar-refractivity contribution in [2.45, 2.75) is 37.3 Å². The molecule has 1 aliphatic carbocycles. The summed E-state index contributed by atoms with van der Waals surface area (Å²) < 4.78 is 0. The molecule has 0 radical (unpaired) electrons. The maximum Gasteiger partial charge on any atom is 0.0942 e. The molecule has 0 aromatic heterocycles. The van der Waals surface area contributed by atoms with E-state index in [1.807, 2.05) is 18.2 Å². The fourth-order valence-corrected chi connectivity index (χ4v) is 3.38. The van der Waals surface area contributed by atoms with Gasteiger partial charge < -0.3 is 4.90 Å². The van der Waals surface area contributed by atoms with E-state index in [1.54, 1.807) is 0 Å². The van der Waals surface area contributed by atoms with E-state index in [9.17, 15) is 0 Å². The molecule has 1 aliphatic rings. The quantitative estimate of drug-likeness (QED) is 0.869. The fourth-order valence-electron chi connectivity index (χ4n) is 2.93. The summed E-state index contributed by atoms with van der Waals surface area (Å²) in [5.74, 6) is 5.80. The topological polar surface area (TPSA) is 38.5 Å².